The van der Waals surface area contributed by atoms with E-state index < -0.39 is 5.97 Å². The molecule has 0 radical (unpaired) electrons. The van der Waals surface area contributed by atoms with E-state index in [-0.39, 0.29) is 6.61 Å². The van der Waals surface area contributed by atoms with Gasteiger partial charge in [0.2, 0.25) is 0 Å². The molecule has 0 unspecified atom stereocenters. The SMILES string of the molecule is CCOC(=O)c1cnc2sc3cc(Oc4ccccc4CO)ccc3n12. The number of para-hydroxylation sites is 1. The summed E-state index contributed by atoms with van der Waals surface area (Å²) < 4.78 is 13.8. The van der Waals surface area contributed by atoms with Crippen molar-refractivity contribution in [3.8, 4) is 11.5 Å². The first kappa shape index (κ1) is 16.6. The first-order valence-electron chi connectivity index (χ1n) is 8.15. The number of benzene rings is 2. The highest BCUT2D eigenvalue weighted by Gasteiger charge is 2.17. The third kappa shape index (κ3) is 2.81. The van der Waals surface area contributed by atoms with Gasteiger partial charge in [0.1, 0.15) is 11.5 Å². The topological polar surface area (TPSA) is 73.1 Å². The minimum Gasteiger partial charge on any atom is -0.461 e. The smallest absolute Gasteiger partial charge is 0.357 e. The monoisotopic (exact) mass is 368 g/mol. The summed E-state index contributed by atoms with van der Waals surface area (Å²) in [4.78, 5) is 17.1. The van der Waals surface area contributed by atoms with Gasteiger partial charge in [-0.2, -0.15) is 0 Å². The minimum atomic E-state index is -0.392. The van der Waals surface area contributed by atoms with Gasteiger partial charge in [0, 0.05) is 11.6 Å². The molecule has 0 spiro atoms. The summed E-state index contributed by atoms with van der Waals surface area (Å²) in [5.41, 5.74) is 2.00. The molecule has 7 heteroatoms. The van der Waals surface area contributed by atoms with E-state index in [0.29, 0.717) is 23.8 Å². The van der Waals surface area contributed by atoms with Crippen LogP contribution < -0.4 is 4.74 Å². The molecule has 0 aliphatic rings. The Balaban J connectivity index is 1.74. The number of esters is 1. The second-order valence-corrected chi connectivity index (χ2v) is 6.59. The highest BCUT2D eigenvalue weighted by Crippen LogP contribution is 2.33. The van der Waals surface area contributed by atoms with E-state index >= 15 is 0 Å². The summed E-state index contributed by atoms with van der Waals surface area (Å²) >= 11 is 1.47. The van der Waals surface area contributed by atoms with E-state index in [9.17, 15) is 9.90 Å². The molecule has 2 aromatic carbocycles. The van der Waals surface area contributed by atoms with Crippen LogP contribution in [0.15, 0.2) is 48.7 Å². The molecule has 2 heterocycles. The Hall–Kier alpha value is -2.90. The molecular formula is C19H16N2O4S. The van der Waals surface area contributed by atoms with Gasteiger partial charge in [0.25, 0.3) is 0 Å². The number of thiazole rings is 1. The van der Waals surface area contributed by atoms with Crippen molar-refractivity contribution in [2.45, 2.75) is 13.5 Å². The van der Waals surface area contributed by atoms with Crippen molar-refractivity contribution in [1.29, 1.82) is 0 Å². The van der Waals surface area contributed by atoms with Crippen LogP contribution in [0.1, 0.15) is 23.0 Å². The first-order chi connectivity index (χ1) is 12.7. The molecule has 0 bridgehead atoms. The van der Waals surface area contributed by atoms with Crippen molar-refractivity contribution >= 4 is 32.5 Å². The Kier molecular flexibility index (Phi) is 4.32. The number of aromatic nitrogens is 2. The number of carbonyl (C=O) groups excluding carboxylic acids is 1. The molecule has 2 aromatic heterocycles. The lowest BCUT2D eigenvalue weighted by Crippen LogP contribution is -2.07. The Morgan fingerprint density at radius 3 is 2.92 bits per heavy atom. The van der Waals surface area contributed by atoms with E-state index in [1.165, 1.54) is 17.5 Å². The predicted octanol–water partition coefficient (Wildman–Crippen LogP) is 4.01. The van der Waals surface area contributed by atoms with Gasteiger partial charge in [-0.05, 0) is 25.1 Å². The maximum atomic E-state index is 12.1. The van der Waals surface area contributed by atoms with Crippen molar-refractivity contribution in [2.24, 2.45) is 0 Å². The van der Waals surface area contributed by atoms with Crippen molar-refractivity contribution < 1.29 is 19.4 Å². The van der Waals surface area contributed by atoms with Gasteiger partial charge in [0.05, 0.1) is 29.6 Å². The number of aliphatic hydroxyl groups is 1. The van der Waals surface area contributed by atoms with E-state index in [1.807, 2.05) is 42.5 Å². The molecule has 132 valence electrons. The molecule has 0 saturated heterocycles. The molecule has 26 heavy (non-hydrogen) atoms. The molecule has 0 aliphatic heterocycles. The molecule has 0 aliphatic carbocycles. The summed E-state index contributed by atoms with van der Waals surface area (Å²) in [6.07, 6.45) is 1.53. The van der Waals surface area contributed by atoms with Crippen LogP contribution in [0.5, 0.6) is 11.5 Å². The fourth-order valence-corrected chi connectivity index (χ4v) is 3.80. The standard InChI is InChI=1S/C19H16N2O4S/c1-2-24-18(23)15-10-20-19-21(15)14-8-7-13(9-17(14)26-19)25-16-6-4-3-5-12(16)11-22/h3-10,22H,2,11H2,1H3. The number of imidazole rings is 1. The lowest BCUT2D eigenvalue weighted by molar-refractivity contribution is 0.0519. The van der Waals surface area contributed by atoms with Crippen LogP contribution in [-0.2, 0) is 11.3 Å². The summed E-state index contributed by atoms with van der Waals surface area (Å²) in [6.45, 7) is 2.00. The summed E-state index contributed by atoms with van der Waals surface area (Å²) in [5.74, 6) is 0.875. The van der Waals surface area contributed by atoms with Gasteiger partial charge in [-0.3, -0.25) is 4.40 Å². The molecule has 4 aromatic rings. The fourth-order valence-electron chi connectivity index (χ4n) is 2.77. The van der Waals surface area contributed by atoms with Gasteiger partial charge in [-0.15, -0.1) is 0 Å². The average Bonchev–Trinajstić information content (AvgIpc) is 3.21. The lowest BCUT2D eigenvalue weighted by atomic mass is 10.2. The van der Waals surface area contributed by atoms with Crippen molar-refractivity contribution in [3.63, 3.8) is 0 Å². The quantitative estimate of drug-likeness (QED) is 0.539. The molecule has 6 nitrogen and oxygen atoms in total. The molecule has 0 amide bonds. The number of carbonyl (C=O) groups is 1. The molecular weight excluding hydrogens is 352 g/mol. The lowest BCUT2D eigenvalue weighted by Gasteiger charge is -2.09. The number of ether oxygens (including phenoxy) is 2. The number of rotatable bonds is 5. The molecule has 1 N–H and O–H groups in total. The normalized spacial score (nSPS) is 11.2. The van der Waals surface area contributed by atoms with E-state index in [1.54, 1.807) is 11.3 Å². The predicted molar refractivity (Wildman–Crippen MR) is 99.0 cm³/mol. The van der Waals surface area contributed by atoms with Crippen molar-refractivity contribution in [1.82, 2.24) is 9.38 Å². The van der Waals surface area contributed by atoms with Crippen LogP contribution in [-0.4, -0.2) is 27.1 Å². The molecule has 0 fully saturated rings. The maximum absolute atomic E-state index is 12.1. The van der Waals surface area contributed by atoms with Gasteiger partial charge < -0.3 is 14.6 Å². The zero-order chi connectivity index (χ0) is 18.1. The van der Waals surface area contributed by atoms with Crippen LogP contribution in [0.25, 0.3) is 15.2 Å². The van der Waals surface area contributed by atoms with Gasteiger partial charge in [-0.1, -0.05) is 29.5 Å². The third-order valence-corrected chi connectivity index (χ3v) is 4.98. The van der Waals surface area contributed by atoms with Crippen molar-refractivity contribution in [2.75, 3.05) is 6.61 Å². The number of nitrogens with zero attached hydrogens (tertiary/aromatic N) is 2. The van der Waals surface area contributed by atoms with Crippen molar-refractivity contribution in [3.05, 3.63) is 59.9 Å². The highest BCUT2D eigenvalue weighted by atomic mass is 32.1. The second kappa shape index (κ2) is 6.78. The zero-order valence-corrected chi connectivity index (χ0v) is 14.8. The molecule has 0 saturated carbocycles. The Labute approximate surface area is 153 Å². The minimum absolute atomic E-state index is 0.0891. The average molecular weight is 368 g/mol. The number of fused-ring (bicyclic) bond motifs is 3. The van der Waals surface area contributed by atoms with E-state index in [2.05, 4.69) is 4.98 Å². The Bertz CT molecular complexity index is 1100. The van der Waals surface area contributed by atoms with E-state index in [4.69, 9.17) is 9.47 Å². The van der Waals surface area contributed by atoms with Crippen LogP contribution in [0.2, 0.25) is 0 Å². The van der Waals surface area contributed by atoms with Gasteiger partial charge >= 0.3 is 5.97 Å². The van der Waals surface area contributed by atoms with E-state index in [0.717, 1.165) is 20.7 Å². The molecule has 0 atom stereocenters. The zero-order valence-electron chi connectivity index (χ0n) is 14.0. The largest absolute Gasteiger partial charge is 0.461 e. The Morgan fingerprint density at radius 2 is 2.12 bits per heavy atom. The highest BCUT2D eigenvalue weighted by molar-refractivity contribution is 7.23. The second-order valence-electron chi connectivity index (χ2n) is 5.58. The van der Waals surface area contributed by atoms with Crippen LogP contribution in [0.3, 0.4) is 0 Å². The summed E-state index contributed by atoms with van der Waals surface area (Å²) in [6, 6.07) is 13.0. The van der Waals surface area contributed by atoms with Crippen LogP contribution >= 0.6 is 11.3 Å². The third-order valence-electron chi connectivity index (χ3n) is 3.96. The fraction of sp³-hybridized carbons (Fsp3) is 0.158. The summed E-state index contributed by atoms with van der Waals surface area (Å²) in [7, 11) is 0. The number of hydrogen-bond donors (Lipinski definition) is 1. The number of hydrogen-bond acceptors (Lipinski definition) is 6. The van der Waals surface area contributed by atoms with Crippen LogP contribution in [0.4, 0.5) is 0 Å². The molecule has 4 rings (SSSR count). The summed E-state index contributed by atoms with van der Waals surface area (Å²) in [5, 5.41) is 9.43. The first-order valence-corrected chi connectivity index (χ1v) is 8.96. The van der Waals surface area contributed by atoms with Gasteiger partial charge in [-0.25, -0.2) is 9.78 Å². The van der Waals surface area contributed by atoms with Crippen LogP contribution in [0, 0.1) is 0 Å². The Morgan fingerprint density at radius 1 is 1.27 bits per heavy atom. The maximum Gasteiger partial charge on any atom is 0.357 e. The number of aliphatic hydroxyl groups excluding tert-OH is 1. The van der Waals surface area contributed by atoms with Gasteiger partial charge in [0.15, 0.2) is 10.7 Å².